The zero-order valence-corrected chi connectivity index (χ0v) is 8.47. The van der Waals surface area contributed by atoms with E-state index in [1.807, 2.05) is 24.3 Å². The average molecular weight is 217 g/mol. The number of carbonyl (C=O) groups is 1. The van der Waals surface area contributed by atoms with E-state index in [0.717, 1.165) is 16.5 Å². The minimum absolute atomic E-state index is 0.239. The number of aromatic nitrogens is 1. The molecule has 5 heteroatoms. The minimum atomic E-state index is -1.07. The summed E-state index contributed by atoms with van der Waals surface area (Å²) in [7, 11) is 0. The fourth-order valence-corrected chi connectivity index (χ4v) is 1.70. The molecular formula is C11H11N3O2. The summed E-state index contributed by atoms with van der Waals surface area (Å²) < 4.78 is 0. The Balaban J connectivity index is 2.34. The van der Waals surface area contributed by atoms with E-state index in [9.17, 15) is 4.79 Å². The highest BCUT2D eigenvalue weighted by Gasteiger charge is 2.18. The van der Waals surface area contributed by atoms with Crippen LogP contribution in [0.25, 0.3) is 10.9 Å². The zero-order chi connectivity index (χ0) is 11.5. The first-order chi connectivity index (χ1) is 7.72. The van der Waals surface area contributed by atoms with Crippen LogP contribution < -0.4 is 0 Å². The van der Waals surface area contributed by atoms with Crippen LogP contribution in [0.5, 0.6) is 0 Å². The molecule has 0 saturated carbocycles. The molecule has 0 aliphatic carbocycles. The van der Waals surface area contributed by atoms with E-state index >= 15 is 0 Å². The van der Waals surface area contributed by atoms with E-state index in [1.165, 1.54) is 0 Å². The van der Waals surface area contributed by atoms with Crippen molar-refractivity contribution < 1.29 is 9.90 Å². The van der Waals surface area contributed by atoms with Crippen molar-refractivity contribution in [3.8, 4) is 0 Å². The Labute approximate surface area is 91.6 Å². The van der Waals surface area contributed by atoms with Crippen LogP contribution in [0, 0.1) is 5.53 Å². The Kier molecular flexibility index (Phi) is 2.68. The van der Waals surface area contributed by atoms with E-state index in [-0.39, 0.29) is 6.42 Å². The van der Waals surface area contributed by atoms with Gasteiger partial charge < -0.3 is 10.1 Å². The third kappa shape index (κ3) is 1.79. The van der Waals surface area contributed by atoms with Crippen molar-refractivity contribution in [3.63, 3.8) is 0 Å². The molecule has 0 bridgehead atoms. The Morgan fingerprint density at radius 3 is 2.94 bits per heavy atom. The first kappa shape index (κ1) is 10.4. The second-order valence-electron chi connectivity index (χ2n) is 3.55. The first-order valence-corrected chi connectivity index (χ1v) is 4.86. The highest BCUT2D eigenvalue weighted by Crippen LogP contribution is 2.19. The lowest BCUT2D eigenvalue weighted by molar-refractivity contribution is -0.138. The number of carboxylic acid groups (broad SMARTS) is 1. The highest BCUT2D eigenvalue weighted by molar-refractivity contribution is 5.84. The molecule has 1 heterocycles. The summed E-state index contributed by atoms with van der Waals surface area (Å²) >= 11 is 0. The van der Waals surface area contributed by atoms with Crippen LogP contribution in [0.2, 0.25) is 0 Å². The lowest BCUT2D eigenvalue weighted by atomic mass is 10.1. The number of rotatable bonds is 4. The Morgan fingerprint density at radius 1 is 1.50 bits per heavy atom. The predicted molar refractivity (Wildman–Crippen MR) is 58.6 cm³/mol. The lowest BCUT2D eigenvalue weighted by Gasteiger charge is -2.03. The number of hydrogen-bond donors (Lipinski definition) is 3. The van der Waals surface area contributed by atoms with Crippen molar-refractivity contribution in [3.05, 3.63) is 36.0 Å². The van der Waals surface area contributed by atoms with Crippen LogP contribution in [0.15, 0.2) is 35.6 Å². The normalized spacial score (nSPS) is 12.5. The number of H-pyrrole nitrogens is 1. The molecule has 0 amide bonds. The van der Waals surface area contributed by atoms with Crippen molar-refractivity contribution in [1.29, 1.82) is 5.53 Å². The zero-order valence-electron chi connectivity index (χ0n) is 8.47. The molecule has 1 aromatic heterocycles. The smallest absolute Gasteiger partial charge is 0.330 e. The van der Waals surface area contributed by atoms with Gasteiger partial charge in [-0.05, 0) is 11.6 Å². The number of nitrogens with one attached hydrogen (secondary N) is 2. The SMILES string of the molecule is N=NC(Cc1c[nH]c2ccccc12)C(=O)O. The number of hydrogen-bond acceptors (Lipinski definition) is 3. The molecule has 5 nitrogen and oxygen atoms in total. The van der Waals surface area contributed by atoms with Crippen molar-refractivity contribution >= 4 is 16.9 Å². The summed E-state index contributed by atoms with van der Waals surface area (Å²) in [5, 5.41) is 12.9. The maximum atomic E-state index is 10.8. The van der Waals surface area contributed by atoms with Gasteiger partial charge in [-0.3, -0.25) is 0 Å². The molecule has 2 rings (SSSR count). The lowest BCUT2D eigenvalue weighted by Crippen LogP contribution is -2.19. The molecule has 82 valence electrons. The first-order valence-electron chi connectivity index (χ1n) is 4.86. The van der Waals surface area contributed by atoms with Crippen LogP contribution >= 0.6 is 0 Å². The van der Waals surface area contributed by atoms with Gasteiger partial charge in [0.1, 0.15) is 0 Å². The molecular weight excluding hydrogens is 206 g/mol. The Bertz CT molecular complexity index is 533. The molecule has 16 heavy (non-hydrogen) atoms. The molecule has 3 N–H and O–H groups in total. The van der Waals surface area contributed by atoms with Crippen LogP contribution in [-0.2, 0) is 11.2 Å². The van der Waals surface area contributed by atoms with Gasteiger partial charge in [0, 0.05) is 23.5 Å². The van der Waals surface area contributed by atoms with Gasteiger partial charge in [-0.1, -0.05) is 18.2 Å². The summed E-state index contributed by atoms with van der Waals surface area (Å²) in [6.07, 6.45) is 2.01. The number of fused-ring (bicyclic) bond motifs is 1. The van der Waals surface area contributed by atoms with Gasteiger partial charge in [0.25, 0.3) is 0 Å². The molecule has 0 aliphatic rings. The molecule has 0 fully saturated rings. The number of para-hydroxylation sites is 1. The number of benzene rings is 1. The van der Waals surface area contributed by atoms with Gasteiger partial charge in [0.05, 0.1) is 0 Å². The van der Waals surface area contributed by atoms with E-state index in [0.29, 0.717) is 0 Å². The van der Waals surface area contributed by atoms with Crippen LogP contribution in [-0.4, -0.2) is 22.1 Å². The summed E-state index contributed by atoms with van der Waals surface area (Å²) in [5.41, 5.74) is 8.67. The van der Waals surface area contributed by atoms with E-state index < -0.39 is 12.0 Å². The maximum absolute atomic E-state index is 10.8. The molecule has 1 aromatic carbocycles. The molecule has 0 radical (unpaired) electrons. The summed E-state index contributed by atoms with van der Waals surface area (Å²) in [6.45, 7) is 0. The van der Waals surface area contributed by atoms with Gasteiger partial charge in [0.2, 0.25) is 0 Å². The summed E-state index contributed by atoms with van der Waals surface area (Å²) in [6, 6.07) is 6.65. The summed E-state index contributed by atoms with van der Waals surface area (Å²) in [4.78, 5) is 13.8. The number of nitrogens with zero attached hydrogens (tertiary/aromatic N) is 1. The molecule has 0 aliphatic heterocycles. The van der Waals surface area contributed by atoms with Gasteiger partial charge in [-0.15, -0.1) is 0 Å². The molecule has 1 atom stereocenters. The maximum Gasteiger partial charge on any atom is 0.330 e. The average Bonchev–Trinajstić information content (AvgIpc) is 2.69. The summed E-state index contributed by atoms with van der Waals surface area (Å²) in [5.74, 6) is -1.07. The highest BCUT2D eigenvalue weighted by atomic mass is 16.4. The Hall–Kier alpha value is -2.17. The van der Waals surface area contributed by atoms with Crippen LogP contribution in [0.1, 0.15) is 5.56 Å². The molecule has 0 spiro atoms. The number of aromatic amines is 1. The topological polar surface area (TPSA) is 89.3 Å². The molecule has 0 saturated heterocycles. The van der Waals surface area contributed by atoms with E-state index in [4.69, 9.17) is 10.6 Å². The van der Waals surface area contributed by atoms with Gasteiger partial charge in [-0.25, -0.2) is 10.3 Å². The van der Waals surface area contributed by atoms with Crippen molar-refractivity contribution in [2.24, 2.45) is 5.11 Å². The van der Waals surface area contributed by atoms with E-state index in [2.05, 4.69) is 10.1 Å². The Morgan fingerprint density at radius 2 is 2.25 bits per heavy atom. The van der Waals surface area contributed by atoms with Gasteiger partial charge in [0.15, 0.2) is 6.04 Å². The third-order valence-electron chi connectivity index (χ3n) is 2.53. The monoisotopic (exact) mass is 217 g/mol. The fourth-order valence-electron chi connectivity index (χ4n) is 1.70. The van der Waals surface area contributed by atoms with Crippen LogP contribution in [0.4, 0.5) is 0 Å². The minimum Gasteiger partial charge on any atom is -0.480 e. The van der Waals surface area contributed by atoms with Crippen molar-refractivity contribution in [2.45, 2.75) is 12.5 Å². The second-order valence-corrected chi connectivity index (χ2v) is 3.55. The van der Waals surface area contributed by atoms with Gasteiger partial charge in [-0.2, -0.15) is 5.11 Å². The largest absolute Gasteiger partial charge is 0.480 e. The number of aliphatic carboxylic acids is 1. The predicted octanol–water partition coefficient (Wildman–Crippen LogP) is 2.19. The van der Waals surface area contributed by atoms with Gasteiger partial charge >= 0.3 is 5.97 Å². The number of carboxylic acids is 1. The molecule has 2 aromatic rings. The standard InChI is InChI=1S/C11H11N3O2/c12-14-10(11(15)16)5-7-6-13-9-4-2-1-3-8(7)9/h1-4,6,10,12-13H,5H2,(H,15,16). The second kappa shape index (κ2) is 4.14. The molecule has 1 unspecified atom stereocenters. The van der Waals surface area contributed by atoms with Crippen molar-refractivity contribution in [2.75, 3.05) is 0 Å². The van der Waals surface area contributed by atoms with E-state index in [1.54, 1.807) is 6.20 Å². The van der Waals surface area contributed by atoms with Crippen molar-refractivity contribution in [1.82, 2.24) is 4.98 Å². The fraction of sp³-hybridized carbons (Fsp3) is 0.182. The third-order valence-corrected chi connectivity index (χ3v) is 2.53. The van der Waals surface area contributed by atoms with Crippen LogP contribution in [0.3, 0.4) is 0 Å². The quantitative estimate of drug-likeness (QED) is 0.685.